The molecular formula is C19H29NO3. The van der Waals surface area contributed by atoms with Crippen molar-refractivity contribution >= 4 is 18.0 Å². The lowest BCUT2D eigenvalue weighted by Gasteiger charge is -2.16. The number of nitrogens with one attached hydrogen (secondary N) is 1. The van der Waals surface area contributed by atoms with Gasteiger partial charge in [0.15, 0.2) is 0 Å². The highest BCUT2D eigenvalue weighted by atomic mass is 16.4. The van der Waals surface area contributed by atoms with Gasteiger partial charge < -0.3 is 10.4 Å². The second-order valence-electron chi connectivity index (χ2n) is 5.45. The van der Waals surface area contributed by atoms with Gasteiger partial charge in [0.1, 0.15) is 6.04 Å². The first-order valence-corrected chi connectivity index (χ1v) is 8.10. The minimum atomic E-state index is -1.02. The van der Waals surface area contributed by atoms with Crippen LogP contribution in [0, 0.1) is 12.8 Å². The van der Waals surface area contributed by atoms with Crippen molar-refractivity contribution in [1.29, 1.82) is 0 Å². The highest BCUT2D eigenvalue weighted by Gasteiger charge is 2.21. The third-order valence-corrected chi connectivity index (χ3v) is 3.27. The molecule has 0 heterocycles. The van der Waals surface area contributed by atoms with E-state index in [-0.39, 0.29) is 18.2 Å². The molecule has 0 fully saturated rings. The molecule has 1 aromatic carbocycles. The van der Waals surface area contributed by atoms with Gasteiger partial charge in [-0.1, -0.05) is 58.0 Å². The number of allylic oxidation sites excluding steroid dienone is 1. The van der Waals surface area contributed by atoms with Gasteiger partial charge in [-0.2, -0.15) is 0 Å². The van der Waals surface area contributed by atoms with Crippen molar-refractivity contribution in [2.24, 2.45) is 5.92 Å². The van der Waals surface area contributed by atoms with E-state index in [4.69, 9.17) is 0 Å². The predicted molar refractivity (Wildman–Crippen MR) is 95.3 cm³/mol. The lowest BCUT2D eigenvalue weighted by Crippen LogP contribution is -2.44. The molecule has 0 radical (unpaired) electrons. The summed E-state index contributed by atoms with van der Waals surface area (Å²) in [5.41, 5.74) is 3.09. The fourth-order valence-corrected chi connectivity index (χ4v) is 1.95. The number of hydrogen-bond donors (Lipinski definition) is 2. The van der Waals surface area contributed by atoms with Gasteiger partial charge in [0, 0.05) is 12.3 Å². The van der Waals surface area contributed by atoms with Gasteiger partial charge in [0.25, 0.3) is 0 Å². The summed E-state index contributed by atoms with van der Waals surface area (Å²) in [5.74, 6) is -1.50. The number of hydrogen-bond acceptors (Lipinski definition) is 2. The maximum atomic E-state index is 11.7. The fourth-order valence-electron chi connectivity index (χ4n) is 1.95. The van der Waals surface area contributed by atoms with Crippen molar-refractivity contribution in [1.82, 2.24) is 5.32 Å². The van der Waals surface area contributed by atoms with Crippen LogP contribution in [0.25, 0.3) is 6.08 Å². The first-order valence-electron chi connectivity index (χ1n) is 8.10. The lowest BCUT2D eigenvalue weighted by molar-refractivity contribution is -0.142. The first-order chi connectivity index (χ1) is 10.8. The molecule has 1 unspecified atom stereocenters. The van der Waals surface area contributed by atoms with Crippen LogP contribution in [0.2, 0.25) is 0 Å². The topological polar surface area (TPSA) is 66.4 Å². The number of benzene rings is 1. The number of carbonyl (C=O) groups excluding carboxylic acids is 1. The SMILES string of the molecule is C/C=C\c1cc(CC(NC(=O)C(C)C)C(=O)O)ccc1C.CC. The summed E-state index contributed by atoms with van der Waals surface area (Å²) in [6, 6.07) is 4.93. The quantitative estimate of drug-likeness (QED) is 0.837. The van der Waals surface area contributed by atoms with Gasteiger partial charge in [0.2, 0.25) is 5.91 Å². The van der Waals surface area contributed by atoms with Crippen molar-refractivity contribution in [3.05, 3.63) is 41.0 Å². The Morgan fingerprint density at radius 2 is 1.87 bits per heavy atom. The van der Waals surface area contributed by atoms with E-state index in [0.717, 1.165) is 16.7 Å². The molecule has 0 aliphatic carbocycles. The molecule has 128 valence electrons. The van der Waals surface area contributed by atoms with Gasteiger partial charge in [-0.25, -0.2) is 4.79 Å². The second-order valence-corrected chi connectivity index (χ2v) is 5.45. The van der Waals surface area contributed by atoms with Crippen molar-refractivity contribution in [3.63, 3.8) is 0 Å². The summed E-state index contributed by atoms with van der Waals surface area (Å²) in [7, 11) is 0. The summed E-state index contributed by atoms with van der Waals surface area (Å²) >= 11 is 0. The zero-order valence-corrected chi connectivity index (χ0v) is 15.0. The van der Waals surface area contributed by atoms with Crippen molar-refractivity contribution in [2.45, 2.75) is 54.0 Å². The van der Waals surface area contributed by atoms with Crippen molar-refractivity contribution in [2.75, 3.05) is 0 Å². The molecule has 0 spiro atoms. The van der Waals surface area contributed by atoms with Gasteiger partial charge in [-0.3, -0.25) is 4.79 Å². The van der Waals surface area contributed by atoms with Crippen LogP contribution < -0.4 is 5.32 Å². The minimum Gasteiger partial charge on any atom is -0.480 e. The Bertz CT molecular complexity index is 548. The number of rotatable bonds is 6. The number of carboxylic acid groups (broad SMARTS) is 1. The van der Waals surface area contributed by atoms with E-state index in [1.165, 1.54) is 0 Å². The maximum Gasteiger partial charge on any atom is 0.326 e. The molecule has 2 N–H and O–H groups in total. The van der Waals surface area contributed by atoms with Crippen LogP contribution >= 0.6 is 0 Å². The molecular weight excluding hydrogens is 290 g/mol. The van der Waals surface area contributed by atoms with Gasteiger partial charge in [0.05, 0.1) is 0 Å². The van der Waals surface area contributed by atoms with Gasteiger partial charge >= 0.3 is 5.97 Å². The van der Waals surface area contributed by atoms with E-state index < -0.39 is 12.0 Å². The minimum absolute atomic E-state index is 0.233. The second kappa shape index (κ2) is 10.6. The Morgan fingerprint density at radius 3 is 2.35 bits per heavy atom. The summed E-state index contributed by atoms with van der Waals surface area (Å²) in [4.78, 5) is 23.0. The molecule has 0 aliphatic rings. The molecule has 0 bridgehead atoms. The number of aryl methyl sites for hydroxylation is 1. The smallest absolute Gasteiger partial charge is 0.326 e. The summed E-state index contributed by atoms with van der Waals surface area (Å²) in [5, 5.41) is 11.8. The zero-order valence-electron chi connectivity index (χ0n) is 15.0. The monoisotopic (exact) mass is 319 g/mol. The third-order valence-electron chi connectivity index (χ3n) is 3.27. The number of aliphatic carboxylic acids is 1. The van der Waals surface area contributed by atoms with Crippen molar-refractivity contribution < 1.29 is 14.7 Å². The molecule has 4 heteroatoms. The molecule has 4 nitrogen and oxygen atoms in total. The third kappa shape index (κ3) is 7.13. The van der Waals surface area contributed by atoms with E-state index in [1.807, 2.05) is 58.0 Å². The Kier molecular flexibility index (Phi) is 9.63. The van der Waals surface area contributed by atoms with Crippen LogP contribution in [0.3, 0.4) is 0 Å². The molecule has 1 amide bonds. The molecule has 0 aromatic heterocycles. The van der Waals surface area contributed by atoms with Crippen molar-refractivity contribution in [3.8, 4) is 0 Å². The zero-order chi connectivity index (χ0) is 18.0. The highest BCUT2D eigenvalue weighted by Crippen LogP contribution is 2.15. The Morgan fingerprint density at radius 1 is 1.26 bits per heavy atom. The van der Waals surface area contributed by atoms with Crippen LogP contribution in [0.1, 0.15) is 51.3 Å². The predicted octanol–water partition coefficient (Wildman–Crippen LogP) is 3.82. The summed E-state index contributed by atoms with van der Waals surface area (Å²) in [6.45, 7) is 11.4. The van der Waals surface area contributed by atoms with Gasteiger partial charge in [-0.15, -0.1) is 0 Å². The van der Waals surface area contributed by atoms with E-state index in [2.05, 4.69) is 5.32 Å². The van der Waals surface area contributed by atoms with E-state index in [9.17, 15) is 14.7 Å². The van der Waals surface area contributed by atoms with E-state index >= 15 is 0 Å². The number of carboxylic acids is 1. The Labute approximate surface area is 139 Å². The van der Waals surface area contributed by atoms with E-state index in [0.29, 0.717) is 0 Å². The average Bonchev–Trinajstić information content (AvgIpc) is 2.51. The first kappa shape index (κ1) is 20.9. The molecule has 1 rings (SSSR count). The number of carbonyl (C=O) groups is 2. The molecule has 0 aliphatic heterocycles. The summed E-state index contributed by atoms with van der Waals surface area (Å²) in [6.07, 6.45) is 4.21. The Hall–Kier alpha value is -2.10. The lowest BCUT2D eigenvalue weighted by atomic mass is 9.99. The average molecular weight is 319 g/mol. The number of amides is 1. The molecule has 23 heavy (non-hydrogen) atoms. The van der Waals surface area contributed by atoms with E-state index in [1.54, 1.807) is 13.8 Å². The normalized spacial score (nSPS) is 11.8. The Balaban J connectivity index is 0.00000232. The fraction of sp³-hybridized carbons (Fsp3) is 0.474. The largest absolute Gasteiger partial charge is 0.480 e. The molecule has 0 saturated heterocycles. The van der Waals surface area contributed by atoms with Crippen LogP contribution in [-0.4, -0.2) is 23.0 Å². The van der Waals surface area contributed by atoms with Crippen LogP contribution in [0.5, 0.6) is 0 Å². The van der Waals surface area contributed by atoms with Crippen LogP contribution in [-0.2, 0) is 16.0 Å². The van der Waals surface area contributed by atoms with Crippen LogP contribution in [0.15, 0.2) is 24.3 Å². The van der Waals surface area contributed by atoms with Crippen LogP contribution in [0.4, 0.5) is 0 Å². The molecule has 1 aromatic rings. The molecule has 1 atom stereocenters. The summed E-state index contributed by atoms with van der Waals surface area (Å²) < 4.78 is 0. The highest BCUT2D eigenvalue weighted by molar-refractivity contribution is 5.84. The van der Waals surface area contributed by atoms with Gasteiger partial charge in [-0.05, 0) is 30.5 Å². The standard InChI is InChI=1S/C17H23NO3.C2H6/c1-5-6-14-9-13(8-7-12(14)4)10-15(17(20)21)18-16(19)11(2)3;1-2/h5-9,11,15H,10H2,1-4H3,(H,18,19)(H,20,21);1-2H3/b6-5-;. The maximum absolute atomic E-state index is 11.7. The molecule has 0 saturated carbocycles.